The van der Waals surface area contributed by atoms with E-state index in [0.29, 0.717) is 40.9 Å². The number of benzene rings is 2. The lowest BCUT2D eigenvalue weighted by molar-refractivity contribution is -0.119. The number of nitriles is 1. The largest absolute Gasteiger partial charge is 0.494 e. The van der Waals surface area contributed by atoms with Crippen molar-refractivity contribution >= 4 is 51.1 Å². The highest BCUT2D eigenvalue weighted by Gasteiger charge is 2.33. The summed E-state index contributed by atoms with van der Waals surface area (Å²) < 4.78 is 12.1. The fraction of sp³-hybridized carbons (Fsp3) is 0.286. The van der Waals surface area contributed by atoms with E-state index in [0.717, 1.165) is 33.7 Å². The van der Waals surface area contributed by atoms with Crippen LogP contribution in [-0.4, -0.2) is 34.9 Å². The molecule has 9 nitrogen and oxygen atoms in total. The predicted molar refractivity (Wildman–Crippen MR) is 177 cm³/mol. The van der Waals surface area contributed by atoms with Crippen molar-refractivity contribution in [1.29, 1.82) is 5.26 Å². The number of hydrogen-bond acceptors (Lipinski definition) is 8. The first-order valence-electron chi connectivity index (χ1n) is 14.8. The number of aryl methyl sites for hydroxylation is 1. The molecule has 0 saturated heterocycles. The van der Waals surface area contributed by atoms with Crippen molar-refractivity contribution < 1.29 is 19.1 Å². The minimum atomic E-state index is -0.815. The van der Waals surface area contributed by atoms with Gasteiger partial charge in [0.25, 0.3) is 11.5 Å². The van der Waals surface area contributed by atoms with Gasteiger partial charge >= 0.3 is 5.97 Å². The van der Waals surface area contributed by atoms with Crippen LogP contribution in [0, 0.1) is 11.3 Å². The van der Waals surface area contributed by atoms with Gasteiger partial charge in [0.15, 0.2) is 12.3 Å². The molecular formula is C35H34N4O5S. The van der Waals surface area contributed by atoms with Crippen LogP contribution in [0.15, 0.2) is 65.0 Å². The molecule has 0 spiro atoms. The van der Waals surface area contributed by atoms with Crippen molar-refractivity contribution in [3.05, 3.63) is 97.8 Å². The molecule has 1 aliphatic rings. The second-order valence-electron chi connectivity index (χ2n) is 11.3. The Bertz CT molecular complexity index is 1930. The predicted octanol–water partition coefficient (Wildman–Crippen LogP) is 6.71. The average molecular weight is 623 g/mol. The average Bonchev–Trinajstić information content (AvgIpc) is 3.38. The fourth-order valence-electron chi connectivity index (χ4n) is 5.37. The Morgan fingerprint density at radius 1 is 1.11 bits per heavy atom. The highest BCUT2D eigenvalue weighted by Crippen LogP contribution is 2.47. The van der Waals surface area contributed by atoms with Gasteiger partial charge in [-0.05, 0) is 55.2 Å². The normalized spacial score (nSPS) is 13.6. The van der Waals surface area contributed by atoms with E-state index >= 15 is 0 Å². The van der Waals surface area contributed by atoms with Crippen LogP contribution in [0.1, 0.15) is 72.6 Å². The third kappa shape index (κ3) is 6.74. The number of anilines is 1. The molecule has 1 amide bonds. The molecule has 1 aliphatic carbocycles. The second-order valence-corrected chi connectivity index (χ2v) is 12.3. The van der Waals surface area contributed by atoms with Crippen LogP contribution in [0.2, 0.25) is 0 Å². The Morgan fingerprint density at radius 3 is 2.53 bits per heavy atom. The van der Waals surface area contributed by atoms with Crippen molar-refractivity contribution in [2.24, 2.45) is 0 Å². The first kappa shape index (κ1) is 31.4. The number of carbonyl (C=O) groups excluding carboxylic acids is 2. The number of nitrogens with zero attached hydrogens (tertiary/aromatic N) is 3. The molecule has 2 aromatic carbocycles. The number of fused-ring (bicyclic) bond motifs is 2. The molecule has 1 N–H and O–H groups in total. The van der Waals surface area contributed by atoms with Crippen molar-refractivity contribution in [1.82, 2.24) is 9.78 Å². The smallest absolute Gasteiger partial charge is 0.359 e. The molecule has 230 valence electrons. The van der Waals surface area contributed by atoms with E-state index in [2.05, 4.69) is 36.4 Å². The van der Waals surface area contributed by atoms with Crippen LogP contribution < -0.4 is 15.6 Å². The summed E-state index contributed by atoms with van der Waals surface area (Å²) in [7, 11) is 0. The summed E-state index contributed by atoms with van der Waals surface area (Å²) in [5.41, 5.74) is 2.64. The van der Waals surface area contributed by atoms with Crippen molar-refractivity contribution in [3.63, 3.8) is 0 Å². The zero-order valence-electron chi connectivity index (χ0n) is 25.7. The van der Waals surface area contributed by atoms with Crippen molar-refractivity contribution in [3.8, 4) is 11.8 Å². The van der Waals surface area contributed by atoms with Gasteiger partial charge in [-0.15, -0.1) is 11.3 Å². The molecule has 45 heavy (non-hydrogen) atoms. The topological polar surface area (TPSA) is 123 Å². The number of hydrogen-bond donors (Lipinski definition) is 1. The number of nitrogens with one attached hydrogen (secondary N) is 1. The minimum Gasteiger partial charge on any atom is -0.494 e. The maximum atomic E-state index is 13.0. The first-order valence-corrected chi connectivity index (χ1v) is 15.6. The number of aromatic nitrogens is 2. The zero-order chi connectivity index (χ0) is 32.1. The Kier molecular flexibility index (Phi) is 9.30. The van der Waals surface area contributed by atoms with Gasteiger partial charge in [0.2, 0.25) is 0 Å². The molecule has 0 radical (unpaired) electrons. The molecule has 0 saturated carbocycles. The summed E-state index contributed by atoms with van der Waals surface area (Å²) in [5, 5.41) is 18.2. The third-order valence-corrected chi connectivity index (χ3v) is 8.90. The summed E-state index contributed by atoms with van der Waals surface area (Å²) in [6.07, 6.45) is 7.49. The molecule has 4 aromatic rings. The SMILES string of the molecule is CCCn1nc(C(=O)OCC(=O)Nc2sc3c(c2C#N)C=C(/C=C/c2ccc(OCC)cc2)CC3(C)C)c2ccccc2c1=O. The Morgan fingerprint density at radius 2 is 1.84 bits per heavy atom. The molecular weight excluding hydrogens is 588 g/mol. The molecule has 2 heterocycles. The standard InChI is InChI=1S/C35H34N4O5S/c1-5-17-39-33(41)26-10-8-7-9-25(26)30(38-39)34(42)44-21-29(40)37-32-28(20-36)27-18-23(19-35(3,4)31(27)45-32)12-11-22-13-15-24(16-14-22)43-6-2/h7-16,18H,5-6,17,19,21H2,1-4H3,(H,37,40)/b12-11+. The summed E-state index contributed by atoms with van der Waals surface area (Å²) in [5.74, 6) is -0.575. The number of allylic oxidation sites excluding steroid dienone is 2. The minimum absolute atomic E-state index is 0.0338. The van der Waals surface area contributed by atoms with Gasteiger partial charge in [0, 0.05) is 27.8 Å². The fourth-order valence-corrected chi connectivity index (χ4v) is 6.62. The molecule has 0 unspecified atom stereocenters. The van der Waals surface area contributed by atoms with Crippen LogP contribution in [0.5, 0.6) is 5.75 Å². The molecule has 5 rings (SSSR count). The lowest BCUT2D eigenvalue weighted by Crippen LogP contribution is -2.27. The number of amides is 1. The van der Waals surface area contributed by atoms with E-state index in [-0.39, 0.29) is 16.7 Å². The van der Waals surface area contributed by atoms with Gasteiger partial charge in [0.05, 0.1) is 17.6 Å². The molecule has 10 heteroatoms. The Labute approximate surface area is 265 Å². The van der Waals surface area contributed by atoms with E-state index < -0.39 is 18.5 Å². The van der Waals surface area contributed by atoms with Crippen molar-refractivity contribution in [2.45, 2.75) is 52.5 Å². The van der Waals surface area contributed by atoms with Crippen LogP contribution in [0.25, 0.3) is 22.9 Å². The number of rotatable bonds is 10. The number of carbonyl (C=O) groups is 2. The Balaban J connectivity index is 1.33. The van der Waals surface area contributed by atoms with Gasteiger partial charge in [-0.3, -0.25) is 9.59 Å². The van der Waals surface area contributed by atoms with Crippen LogP contribution in [0.3, 0.4) is 0 Å². The lowest BCUT2D eigenvalue weighted by atomic mass is 9.77. The summed E-state index contributed by atoms with van der Waals surface area (Å²) in [6, 6.07) is 16.8. The summed E-state index contributed by atoms with van der Waals surface area (Å²) in [4.78, 5) is 39.8. The highest BCUT2D eigenvalue weighted by atomic mass is 32.1. The van der Waals surface area contributed by atoms with Gasteiger partial charge in [-0.25, -0.2) is 9.48 Å². The van der Waals surface area contributed by atoms with Gasteiger partial charge in [0.1, 0.15) is 16.8 Å². The number of thiophene rings is 1. The van der Waals surface area contributed by atoms with Crippen molar-refractivity contribution in [2.75, 3.05) is 18.5 Å². The van der Waals surface area contributed by atoms with Gasteiger partial charge < -0.3 is 14.8 Å². The number of esters is 1. The quantitative estimate of drug-likeness (QED) is 0.195. The molecule has 0 fully saturated rings. The van der Waals surface area contributed by atoms with Crippen LogP contribution >= 0.6 is 11.3 Å². The van der Waals surface area contributed by atoms with E-state index in [4.69, 9.17) is 9.47 Å². The van der Waals surface area contributed by atoms with Crippen LogP contribution in [0.4, 0.5) is 5.00 Å². The molecule has 0 bridgehead atoms. The summed E-state index contributed by atoms with van der Waals surface area (Å²) in [6.45, 7) is 8.46. The van der Waals surface area contributed by atoms with Gasteiger partial charge in [-0.2, -0.15) is 10.4 Å². The van der Waals surface area contributed by atoms with E-state index in [1.54, 1.807) is 24.3 Å². The maximum absolute atomic E-state index is 13.0. The van der Waals surface area contributed by atoms with E-state index in [1.165, 1.54) is 16.0 Å². The Hall–Kier alpha value is -5.01. The second kappa shape index (κ2) is 13.3. The van der Waals surface area contributed by atoms with E-state index in [1.807, 2.05) is 50.3 Å². The van der Waals surface area contributed by atoms with Crippen LogP contribution in [-0.2, 0) is 21.5 Å². The first-order chi connectivity index (χ1) is 21.6. The molecule has 2 aromatic heterocycles. The zero-order valence-corrected chi connectivity index (χ0v) is 26.5. The van der Waals surface area contributed by atoms with E-state index in [9.17, 15) is 19.6 Å². The number of ether oxygens (including phenoxy) is 2. The highest BCUT2D eigenvalue weighted by molar-refractivity contribution is 7.17. The lowest BCUT2D eigenvalue weighted by Gasteiger charge is -2.29. The molecule has 0 aliphatic heterocycles. The maximum Gasteiger partial charge on any atom is 0.359 e. The third-order valence-electron chi connectivity index (χ3n) is 7.41. The van der Waals surface area contributed by atoms with Gasteiger partial charge in [-0.1, -0.05) is 63.3 Å². The monoisotopic (exact) mass is 622 g/mol. The summed E-state index contributed by atoms with van der Waals surface area (Å²) >= 11 is 1.36. The molecule has 0 atom stereocenters.